The lowest BCUT2D eigenvalue weighted by Crippen LogP contribution is -2.46. The van der Waals surface area contributed by atoms with Crippen LogP contribution in [-0.4, -0.2) is 55.9 Å². The Morgan fingerprint density at radius 1 is 1.32 bits per heavy atom. The fraction of sp³-hybridized carbons (Fsp3) is 0.909. The van der Waals surface area contributed by atoms with Crippen LogP contribution in [-0.2, 0) is 9.84 Å². The lowest BCUT2D eigenvalue weighted by atomic mass is 10.2. The average Bonchev–Trinajstić information content (AvgIpc) is 3.07. The van der Waals surface area contributed by atoms with E-state index in [1.807, 2.05) is 0 Å². The van der Waals surface area contributed by atoms with Crippen molar-refractivity contribution >= 4 is 15.9 Å². The van der Waals surface area contributed by atoms with Gasteiger partial charge in [-0.25, -0.2) is 22.0 Å². The first-order valence-electron chi connectivity index (χ1n) is 6.46. The minimum atomic E-state index is -3.12. The summed E-state index contributed by atoms with van der Waals surface area (Å²) in [4.78, 5) is 12.8. The highest BCUT2D eigenvalue weighted by Gasteiger charge is 2.37. The van der Waals surface area contributed by atoms with Gasteiger partial charge in [0, 0.05) is 13.1 Å². The fourth-order valence-corrected chi connectivity index (χ4v) is 3.88. The molecule has 0 aromatic heterocycles. The average molecular weight is 296 g/mol. The lowest BCUT2D eigenvalue weighted by Gasteiger charge is -2.24. The summed E-state index contributed by atoms with van der Waals surface area (Å²) in [6, 6.07) is -1.63. The van der Waals surface area contributed by atoms with Crippen LogP contribution in [0.5, 0.6) is 0 Å². The number of halogens is 2. The second-order valence-electron chi connectivity index (χ2n) is 5.04. The van der Waals surface area contributed by atoms with Gasteiger partial charge in [-0.1, -0.05) is 0 Å². The van der Waals surface area contributed by atoms with Crippen molar-refractivity contribution in [3.8, 4) is 0 Å². The highest BCUT2D eigenvalue weighted by Crippen LogP contribution is 2.28. The summed E-state index contributed by atoms with van der Waals surface area (Å²) in [6.07, 6.45) is -0.316. The van der Waals surface area contributed by atoms with E-state index in [1.54, 1.807) is 0 Å². The van der Waals surface area contributed by atoms with E-state index in [9.17, 15) is 22.0 Å². The van der Waals surface area contributed by atoms with Crippen LogP contribution >= 0.6 is 0 Å². The molecule has 1 aliphatic heterocycles. The molecule has 1 aliphatic carbocycles. The second kappa shape index (κ2) is 5.60. The Morgan fingerprint density at radius 3 is 2.58 bits per heavy atom. The van der Waals surface area contributed by atoms with Crippen molar-refractivity contribution in [1.82, 2.24) is 10.2 Å². The van der Waals surface area contributed by atoms with Crippen LogP contribution in [0, 0.1) is 0 Å². The summed E-state index contributed by atoms with van der Waals surface area (Å²) in [6.45, 7) is 0.292. The normalized spacial score (nSPS) is 23.9. The number of rotatable bonds is 5. The fourth-order valence-electron chi connectivity index (χ4n) is 2.30. The van der Waals surface area contributed by atoms with E-state index < -0.39 is 28.3 Å². The molecule has 0 bridgehead atoms. The molecule has 0 aromatic rings. The molecule has 2 rings (SSSR count). The molecule has 0 aromatic carbocycles. The Balaban J connectivity index is 1.78. The summed E-state index contributed by atoms with van der Waals surface area (Å²) < 4.78 is 48.5. The van der Waals surface area contributed by atoms with Crippen molar-refractivity contribution in [3.63, 3.8) is 0 Å². The maximum absolute atomic E-state index is 12.7. The molecule has 1 atom stereocenters. The van der Waals surface area contributed by atoms with Gasteiger partial charge in [-0.15, -0.1) is 0 Å². The van der Waals surface area contributed by atoms with Gasteiger partial charge < -0.3 is 10.2 Å². The van der Waals surface area contributed by atoms with Crippen molar-refractivity contribution in [3.05, 3.63) is 0 Å². The van der Waals surface area contributed by atoms with Crippen molar-refractivity contribution < 1.29 is 22.0 Å². The van der Waals surface area contributed by atoms with Crippen molar-refractivity contribution in [2.75, 3.05) is 18.8 Å². The Labute approximate surface area is 111 Å². The number of likely N-dealkylation sites (tertiary alicyclic amines) is 1. The largest absolute Gasteiger partial charge is 0.337 e. The number of urea groups is 1. The molecule has 8 heteroatoms. The van der Waals surface area contributed by atoms with Crippen LogP contribution in [0.1, 0.15) is 25.7 Å². The molecule has 0 unspecified atom stereocenters. The highest BCUT2D eigenvalue weighted by molar-refractivity contribution is 7.92. The summed E-state index contributed by atoms with van der Waals surface area (Å²) in [5, 5.41) is 2.16. The van der Waals surface area contributed by atoms with Gasteiger partial charge >= 0.3 is 6.03 Å². The van der Waals surface area contributed by atoms with Crippen LogP contribution in [0.25, 0.3) is 0 Å². The van der Waals surface area contributed by atoms with E-state index in [4.69, 9.17) is 0 Å². The molecule has 2 aliphatic rings. The number of hydrogen-bond acceptors (Lipinski definition) is 3. The zero-order valence-electron chi connectivity index (χ0n) is 10.5. The Kier molecular flexibility index (Phi) is 4.27. The number of amides is 2. The SMILES string of the molecule is O=C(NCCS(=O)(=O)C1CC1)N1CCC[C@H]1C(F)F. The molecule has 110 valence electrons. The van der Waals surface area contributed by atoms with Gasteiger partial charge in [0.1, 0.15) is 0 Å². The quantitative estimate of drug-likeness (QED) is 0.823. The first-order valence-corrected chi connectivity index (χ1v) is 8.17. The van der Waals surface area contributed by atoms with Gasteiger partial charge in [-0.05, 0) is 25.7 Å². The minimum absolute atomic E-state index is 0.00980. The number of nitrogens with one attached hydrogen (secondary N) is 1. The topological polar surface area (TPSA) is 66.5 Å². The van der Waals surface area contributed by atoms with Crippen LogP contribution in [0.4, 0.5) is 13.6 Å². The minimum Gasteiger partial charge on any atom is -0.337 e. The maximum Gasteiger partial charge on any atom is 0.317 e. The number of nitrogens with zero attached hydrogens (tertiary/aromatic N) is 1. The van der Waals surface area contributed by atoms with Crippen molar-refractivity contribution in [1.29, 1.82) is 0 Å². The Hall–Kier alpha value is -0.920. The maximum atomic E-state index is 12.7. The second-order valence-corrected chi connectivity index (χ2v) is 7.44. The van der Waals surface area contributed by atoms with Gasteiger partial charge in [0.15, 0.2) is 9.84 Å². The Morgan fingerprint density at radius 2 is 2.00 bits per heavy atom. The summed E-state index contributed by atoms with van der Waals surface area (Å²) >= 11 is 0. The number of sulfone groups is 1. The molecule has 1 saturated heterocycles. The molecule has 0 spiro atoms. The smallest absolute Gasteiger partial charge is 0.317 e. The highest BCUT2D eigenvalue weighted by atomic mass is 32.2. The monoisotopic (exact) mass is 296 g/mol. The lowest BCUT2D eigenvalue weighted by molar-refractivity contribution is 0.0608. The first kappa shape index (κ1) is 14.5. The van der Waals surface area contributed by atoms with Gasteiger partial charge in [-0.2, -0.15) is 0 Å². The van der Waals surface area contributed by atoms with E-state index in [0.717, 1.165) is 4.90 Å². The zero-order valence-corrected chi connectivity index (χ0v) is 11.3. The van der Waals surface area contributed by atoms with E-state index >= 15 is 0 Å². The molecule has 19 heavy (non-hydrogen) atoms. The van der Waals surface area contributed by atoms with Gasteiger partial charge in [0.05, 0.1) is 17.0 Å². The molecule has 1 saturated carbocycles. The summed E-state index contributed by atoms with van der Waals surface area (Å²) in [5.74, 6) is -0.114. The molecule has 5 nitrogen and oxygen atoms in total. The standard InChI is InChI=1S/C11H18F2N2O3S/c12-10(13)9-2-1-6-15(9)11(16)14-5-7-19(17,18)8-3-4-8/h8-10H,1-7H2,(H,14,16)/t9-/m0/s1. The predicted molar refractivity (Wildman–Crippen MR) is 65.9 cm³/mol. The number of alkyl halides is 2. The van der Waals surface area contributed by atoms with Crippen molar-refractivity contribution in [2.45, 2.75) is 43.4 Å². The molecular formula is C11H18F2N2O3S. The molecule has 0 radical (unpaired) electrons. The van der Waals surface area contributed by atoms with Crippen LogP contribution in [0.15, 0.2) is 0 Å². The van der Waals surface area contributed by atoms with Crippen molar-refractivity contribution in [2.24, 2.45) is 0 Å². The molecule has 1 N–H and O–H groups in total. The van der Waals surface area contributed by atoms with Gasteiger partial charge in [-0.3, -0.25) is 0 Å². The molecule has 1 heterocycles. The third kappa shape index (κ3) is 3.55. The van der Waals surface area contributed by atoms with Gasteiger partial charge in [0.2, 0.25) is 0 Å². The molecule has 2 fully saturated rings. The molecule has 2 amide bonds. The third-order valence-electron chi connectivity index (χ3n) is 3.55. The predicted octanol–water partition coefficient (Wildman–Crippen LogP) is 1.00. The summed E-state index contributed by atoms with van der Waals surface area (Å²) in [5.41, 5.74) is 0. The molecular weight excluding hydrogens is 278 g/mol. The number of carbonyl (C=O) groups is 1. The van der Waals surface area contributed by atoms with Gasteiger partial charge in [0.25, 0.3) is 6.43 Å². The van der Waals surface area contributed by atoms with E-state index in [2.05, 4.69) is 5.32 Å². The Bertz CT molecular complexity index is 437. The van der Waals surface area contributed by atoms with Crippen LogP contribution < -0.4 is 5.32 Å². The first-order chi connectivity index (χ1) is 8.92. The third-order valence-corrected chi connectivity index (χ3v) is 5.81. The van der Waals surface area contributed by atoms with E-state index in [1.165, 1.54) is 0 Å². The number of hydrogen-bond donors (Lipinski definition) is 1. The van der Waals surface area contributed by atoms with E-state index in [-0.39, 0.29) is 17.5 Å². The number of carbonyl (C=O) groups excluding carboxylic acids is 1. The van der Waals surface area contributed by atoms with Crippen LogP contribution in [0.3, 0.4) is 0 Å². The zero-order chi connectivity index (χ0) is 14.0. The summed E-state index contributed by atoms with van der Waals surface area (Å²) in [7, 11) is -3.12. The van der Waals surface area contributed by atoms with Crippen LogP contribution in [0.2, 0.25) is 0 Å². The van der Waals surface area contributed by atoms with E-state index in [0.29, 0.717) is 32.2 Å².